The van der Waals surface area contributed by atoms with Gasteiger partial charge in [0, 0.05) is 17.6 Å². The lowest BCUT2D eigenvalue weighted by atomic mass is 9.85. The molecule has 0 bridgehead atoms. The molecule has 212 valence electrons. The Kier molecular flexibility index (Phi) is 8.27. The van der Waals surface area contributed by atoms with Gasteiger partial charge >= 0.3 is 12.1 Å². The summed E-state index contributed by atoms with van der Waals surface area (Å²) in [6, 6.07) is 0.929. The van der Waals surface area contributed by atoms with Crippen molar-refractivity contribution >= 4 is 31.7 Å². The zero-order chi connectivity index (χ0) is 28.7. The average Bonchev–Trinajstić information content (AvgIpc) is 3.47. The van der Waals surface area contributed by atoms with Crippen LogP contribution in [0.3, 0.4) is 0 Å². The first-order chi connectivity index (χ1) is 17.4. The predicted octanol–water partition coefficient (Wildman–Crippen LogP) is 2.39. The standard InChI is InChI=1S/C25H38F3N5O4Si/c1-23(2,3)18(31-22(37)25(26,27)28)21(36)33-14-38(8-6-7-9-38)13-17(33)20(35)30-16(12-29)10-15-11-24(4,5)32-19(15)34/h15-18H,6-11,13-14H2,1-5H3,(H,30,35)(H,31,37)(H,32,34)/t15?,16?,17?,18-/m1/s1. The van der Waals surface area contributed by atoms with Crippen molar-refractivity contribution in [1.82, 2.24) is 20.9 Å². The van der Waals surface area contributed by atoms with E-state index in [-0.39, 0.29) is 12.3 Å². The summed E-state index contributed by atoms with van der Waals surface area (Å²) in [4.78, 5) is 52.7. The number of carbonyl (C=O) groups is 4. The van der Waals surface area contributed by atoms with E-state index in [0.29, 0.717) is 18.6 Å². The van der Waals surface area contributed by atoms with Crippen LogP contribution in [0.5, 0.6) is 0 Å². The van der Waals surface area contributed by atoms with Gasteiger partial charge in [-0.3, -0.25) is 19.2 Å². The Hall–Kier alpha value is -2.62. The van der Waals surface area contributed by atoms with Crippen LogP contribution in [0.25, 0.3) is 0 Å². The maximum absolute atomic E-state index is 13.7. The number of carbonyl (C=O) groups excluding carboxylic acids is 4. The van der Waals surface area contributed by atoms with Crippen LogP contribution in [-0.2, 0) is 19.2 Å². The van der Waals surface area contributed by atoms with E-state index in [4.69, 9.17) is 0 Å². The van der Waals surface area contributed by atoms with Crippen molar-refractivity contribution in [1.29, 1.82) is 5.26 Å². The highest BCUT2D eigenvalue weighted by molar-refractivity contribution is 6.82. The summed E-state index contributed by atoms with van der Waals surface area (Å²) >= 11 is 0. The van der Waals surface area contributed by atoms with Gasteiger partial charge in [0.15, 0.2) is 0 Å². The molecule has 0 aromatic carbocycles. The molecule has 3 saturated heterocycles. The lowest BCUT2D eigenvalue weighted by molar-refractivity contribution is -0.176. The molecule has 0 aromatic heterocycles. The topological polar surface area (TPSA) is 131 Å². The monoisotopic (exact) mass is 557 g/mol. The van der Waals surface area contributed by atoms with Crippen LogP contribution < -0.4 is 16.0 Å². The quantitative estimate of drug-likeness (QED) is 0.432. The van der Waals surface area contributed by atoms with E-state index in [1.807, 2.05) is 25.2 Å². The molecule has 38 heavy (non-hydrogen) atoms. The number of hydrogen-bond acceptors (Lipinski definition) is 5. The molecule has 1 spiro atoms. The number of rotatable bonds is 6. The molecule has 9 nitrogen and oxygen atoms in total. The van der Waals surface area contributed by atoms with Gasteiger partial charge in [-0.05, 0) is 38.1 Å². The number of amides is 4. The van der Waals surface area contributed by atoms with Gasteiger partial charge in [0.05, 0.1) is 14.1 Å². The molecule has 3 unspecified atom stereocenters. The molecule has 0 radical (unpaired) electrons. The van der Waals surface area contributed by atoms with Crippen LogP contribution in [0.15, 0.2) is 0 Å². The number of nitrogens with zero attached hydrogens (tertiary/aromatic N) is 2. The summed E-state index contributed by atoms with van der Waals surface area (Å²) in [6.07, 6.45) is -2.25. The van der Waals surface area contributed by atoms with E-state index in [1.54, 1.807) is 20.8 Å². The Morgan fingerprint density at radius 2 is 1.79 bits per heavy atom. The minimum Gasteiger partial charge on any atom is -0.351 e. The Morgan fingerprint density at radius 1 is 1.18 bits per heavy atom. The van der Waals surface area contributed by atoms with Crippen molar-refractivity contribution < 1.29 is 32.3 Å². The van der Waals surface area contributed by atoms with Crippen molar-refractivity contribution in [3.63, 3.8) is 0 Å². The average molecular weight is 558 g/mol. The third kappa shape index (κ3) is 6.68. The van der Waals surface area contributed by atoms with Crippen LogP contribution in [0.1, 0.15) is 60.3 Å². The third-order valence-electron chi connectivity index (χ3n) is 7.99. The number of hydrogen-bond donors (Lipinski definition) is 3. The zero-order valence-corrected chi connectivity index (χ0v) is 23.6. The van der Waals surface area contributed by atoms with Crippen LogP contribution in [0, 0.1) is 22.7 Å². The van der Waals surface area contributed by atoms with Gasteiger partial charge in [-0.2, -0.15) is 18.4 Å². The van der Waals surface area contributed by atoms with Gasteiger partial charge in [-0.1, -0.05) is 45.7 Å². The number of nitrogens with one attached hydrogen (secondary N) is 3. The first-order valence-corrected chi connectivity index (χ1v) is 15.9. The Morgan fingerprint density at radius 3 is 2.26 bits per heavy atom. The van der Waals surface area contributed by atoms with Crippen LogP contribution in [0.2, 0.25) is 18.1 Å². The Labute approximate surface area is 222 Å². The second kappa shape index (κ2) is 10.5. The van der Waals surface area contributed by atoms with Crippen molar-refractivity contribution in [2.75, 3.05) is 6.17 Å². The fourth-order valence-electron chi connectivity index (χ4n) is 6.12. The molecule has 0 aliphatic carbocycles. The van der Waals surface area contributed by atoms with E-state index in [0.717, 1.165) is 24.9 Å². The predicted molar refractivity (Wildman–Crippen MR) is 135 cm³/mol. The number of nitriles is 1. The van der Waals surface area contributed by atoms with Gasteiger partial charge in [0.2, 0.25) is 17.7 Å². The summed E-state index contributed by atoms with van der Waals surface area (Å²) in [5, 5.41) is 17.1. The van der Waals surface area contributed by atoms with E-state index in [1.165, 1.54) is 4.90 Å². The molecule has 3 aliphatic heterocycles. The Bertz CT molecular complexity index is 1010. The summed E-state index contributed by atoms with van der Waals surface area (Å²) in [7, 11) is -2.07. The lowest BCUT2D eigenvalue weighted by Gasteiger charge is -2.36. The number of alkyl halides is 3. The van der Waals surface area contributed by atoms with E-state index < -0.39 is 67.0 Å². The SMILES string of the molecule is CC1(C)CC(CC(C#N)NC(=O)C2C[Si]3(CCCC3)CN2C(=O)[C@@H](NC(=O)C(F)(F)F)C(C)(C)C)C(=O)N1. The highest BCUT2D eigenvalue weighted by atomic mass is 28.3. The third-order valence-corrected chi connectivity index (χ3v) is 13.1. The van der Waals surface area contributed by atoms with Crippen LogP contribution >= 0.6 is 0 Å². The molecule has 3 N–H and O–H groups in total. The van der Waals surface area contributed by atoms with Crippen LogP contribution in [-0.4, -0.2) is 72.6 Å². The summed E-state index contributed by atoms with van der Waals surface area (Å²) in [6.45, 7) is 8.42. The highest BCUT2D eigenvalue weighted by Gasteiger charge is 2.54. The lowest BCUT2D eigenvalue weighted by Crippen LogP contribution is -2.59. The smallest absolute Gasteiger partial charge is 0.351 e. The van der Waals surface area contributed by atoms with E-state index in [9.17, 15) is 37.6 Å². The maximum atomic E-state index is 13.7. The van der Waals surface area contributed by atoms with Gasteiger partial charge in [-0.15, -0.1) is 0 Å². The minimum absolute atomic E-state index is 0.118. The molecule has 3 heterocycles. The van der Waals surface area contributed by atoms with E-state index in [2.05, 4.69) is 10.6 Å². The second-order valence-electron chi connectivity index (χ2n) is 12.9. The molecule has 3 aliphatic rings. The Balaban J connectivity index is 1.82. The number of halogens is 3. The van der Waals surface area contributed by atoms with Gasteiger partial charge in [0.25, 0.3) is 0 Å². The first kappa shape index (κ1) is 29.9. The van der Waals surface area contributed by atoms with Crippen molar-refractivity contribution in [3.8, 4) is 6.07 Å². The molecule has 0 saturated carbocycles. The van der Waals surface area contributed by atoms with Crippen LogP contribution in [0.4, 0.5) is 13.2 Å². The summed E-state index contributed by atoms with van der Waals surface area (Å²) in [5.74, 6) is -4.12. The van der Waals surface area contributed by atoms with Crippen molar-refractivity contribution in [2.45, 2.75) is 108 Å². The fourth-order valence-corrected chi connectivity index (χ4v) is 11.5. The molecule has 4 amide bonds. The van der Waals surface area contributed by atoms with E-state index >= 15 is 0 Å². The van der Waals surface area contributed by atoms with Crippen molar-refractivity contribution in [2.24, 2.45) is 11.3 Å². The molecule has 4 atom stereocenters. The van der Waals surface area contributed by atoms with Gasteiger partial charge in [0.1, 0.15) is 18.1 Å². The van der Waals surface area contributed by atoms with Gasteiger partial charge < -0.3 is 20.9 Å². The largest absolute Gasteiger partial charge is 0.471 e. The molecule has 3 fully saturated rings. The zero-order valence-electron chi connectivity index (χ0n) is 22.6. The summed E-state index contributed by atoms with van der Waals surface area (Å²) in [5.41, 5.74) is -1.46. The molecular formula is C25H38F3N5O4Si. The summed E-state index contributed by atoms with van der Waals surface area (Å²) < 4.78 is 39.2. The fraction of sp³-hybridized carbons (Fsp3) is 0.800. The first-order valence-electron chi connectivity index (χ1n) is 13.1. The maximum Gasteiger partial charge on any atom is 0.471 e. The highest BCUT2D eigenvalue weighted by Crippen LogP contribution is 2.42. The molecule has 3 rings (SSSR count). The van der Waals surface area contributed by atoms with Crippen molar-refractivity contribution in [3.05, 3.63) is 0 Å². The molecular weight excluding hydrogens is 519 g/mol. The second-order valence-corrected chi connectivity index (χ2v) is 17.6. The molecule has 13 heteroatoms. The van der Waals surface area contributed by atoms with Gasteiger partial charge in [-0.25, -0.2) is 0 Å². The normalized spacial score (nSPS) is 26.0. The minimum atomic E-state index is -5.16. The molecule has 0 aromatic rings.